The number of aryl methyl sites for hydroxylation is 1. The van der Waals surface area contributed by atoms with Crippen molar-refractivity contribution in [3.05, 3.63) is 33.2 Å². The highest BCUT2D eigenvalue weighted by Gasteiger charge is 2.16. The van der Waals surface area contributed by atoms with Crippen LogP contribution in [0.3, 0.4) is 0 Å². The van der Waals surface area contributed by atoms with E-state index in [2.05, 4.69) is 17.2 Å². The molecule has 0 aromatic carbocycles. The van der Waals surface area contributed by atoms with Crippen LogP contribution in [-0.4, -0.2) is 33.6 Å². The zero-order valence-corrected chi connectivity index (χ0v) is 13.7. The number of thiazole rings is 1. The van der Waals surface area contributed by atoms with Gasteiger partial charge in [-0.05, 0) is 25.7 Å². The fourth-order valence-electron chi connectivity index (χ4n) is 2.45. The lowest BCUT2D eigenvalue weighted by atomic mass is 10.0. The molecule has 7 heteroatoms. The van der Waals surface area contributed by atoms with Crippen molar-refractivity contribution in [2.24, 2.45) is 5.92 Å². The van der Waals surface area contributed by atoms with Crippen molar-refractivity contribution in [1.82, 2.24) is 14.7 Å². The van der Waals surface area contributed by atoms with Gasteiger partial charge in [-0.3, -0.25) is 14.0 Å². The SMILES string of the molecule is CCCC(CCO)CNC(=O)c1cnc2scc(C)n2c1=O. The van der Waals surface area contributed by atoms with Gasteiger partial charge in [0, 0.05) is 30.4 Å². The molecule has 0 spiro atoms. The Balaban J connectivity index is 2.14. The van der Waals surface area contributed by atoms with Crippen molar-refractivity contribution in [3.63, 3.8) is 0 Å². The third-order valence-corrected chi connectivity index (χ3v) is 4.60. The van der Waals surface area contributed by atoms with E-state index < -0.39 is 5.91 Å². The summed E-state index contributed by atoms with van der Waals surface area (Å²) >= 11 is 1.37. The molecule has 2 N–H and O–H groups in total. The first kappa shape index (κ1) is 16.6. The Kier molecular flexibility index (Phi) is 5.68. The Bertz CT molecular complexity index is 702. The summed E-state index contributed by atoms with van der Waals surface area (Å²) in [5.41, 5.74) is 0.491. The van der Waals surface area contributed by atoms with Crippen molar-refractivity contribution in [3.8, 4) is 0 Å². The van der Waals surface area contributed by atoms with Crippen LogP contribution in [0.15, 0.2) is 16.4 Å². The molecule has 0 bridgehead atoms. The Morgan fingerprint density at radius 3 is 2.95 bits per heavy atom. The third-order valence-electron chi connectivity index (χ3n) is 3.65. The average molecular weight is 323 g/mol. The Morgan fingerprint density at radius 1 is 1.50 bits per heavy atom. The molecule has 22 heavy (non-hydrogen) atoms. The van der Waals surface area contributed by atoms with E-state index in [-0.39, 0.29) is 23.6 Å². The van der Waals surface area contributed by atoms with Crippen LogP contribution in [0.25, 0.3) is 4.96 Å². The standard InChI is InChI=1S/C15H21N3O3S/c1-3-4-11(5-6-19)7-16-13(20)12-8-17-15-18(14(12)21)10(2)9-22-15/h8-9,11,19H,3-7H2,1-2H3,(H,16,20). The molecule has 2 heterocycles. The van der Waals surface area contributed by atoms with Gasteiger partial charge in [-0.1, -0.05) is 13.3 Å². The van der Waals surface area contributed by atoms with Gasteiger partial charge in [0.1, 0.15) is 5.56 Å². The first-order valence-electron chi connectivity index (χ1n) is 7.43. The molecule has 0 saturated heterocycles. The molecule has 0 saturated carbocycles. The third kappa shape index (κ3) is 3.53. The van der Waals surface area contributed by atoms with E-state index in [1.54, 1.807) is 0 Å². The summed E-state index contributed by atoms with van der Waals surface area (Å²) in [5.74, 6) is -0.183. The highest BCUT2D eigenvalue weighted by atomic mass is 32.1. The first-order valence-corrected chi connectivity index (χ1v) is 8.31. The van der Waals surface area contributed by atoms with Gasteiger partial charge >= 0.3 is 0 Å². The second-order valence-electron chi connectivity index (χ2n) is 5.35. The summed E-state index contributed by atoms with van der Waals surface area (Å²) in [4.78, 5) is 29.4. The normalized spacial score (nSPS) is 12.5. The van der Waals surface area contributed by atoms with Gasteiger partial charge in [-0.15, -0.1) is 11.3 Å². The molecule has 1 amide bonds. The number of hydrogen-bond donors (Lipinski definition) is 2. The molecule has 120 valence electrons. The van der Waals surface area contributed by atoms with Gasteiger partial charge in [0.05, 0.1) is 0 Å². The van der Waals surface area contributed by atoms with Gasteiger partial charge < -0.3 is 10.4 Å². The molecular formula is C15H21N3O3S. The van der Waals surface area contributed by atoms with Crippen LogP contribution in [0.5, 0.6) is 0 Å². The summed E-state index contributed by atoms with van der Waals surface area (Å²) in [6.07, 6.45) is 3.91. The molecule has 2 rings (SSSR count). The molecule has 1 atom stereocenters. The van der Waals surface area contributed by atoms with E-state index >= 15 is 0 Å². The predicted molar refractivity (Wildman–Crippen MR) is 86.5 cm³/mol. The molecule has 2 aromatic heterocycles. The monoisotopic (exact) mass is 323 g/mol. The smallest absolute Gasteiger partial charge is 0.271 e. The van der Waals surface area contributed by atoms with Crippen molar-refractivity contribution < 1.29 is 9.90 Å². The molecule has 0 aliphatic heterocycles. The number of aromatic nitrogens is 2. The number of hydrogen-bond acceptors (Lipinski definition) is 5. The largest absolute Gasteiger partial charge is 0.396 e. The van der Waals surface area contributed by atoms with Gasteiger partial charge in [0.25, 0.3) is 11.5 Å². The number of carbonyl (C=O) groups excluding carboxylic acids is 1. The van der Waals surface area contributed by atoms with Crippen molar-refractivity contribution in [1.29, 1.82) is 0 Å². The van der Waals surface area contributed by atoms with Crippen LogP contribution in [0.1, 0.15) is 42.2 Å². The lowest BCUT2D eigenvalue weighted by Crippen LogP contribution is -2.34. The quantitative estimate of drug-likeness (QED) is 0.810. The lowest BCUT2D eigenvalue weighted by Gasteiger charge is -2.15. The average Bonchev–Trinajstić information content (AvgIpc) is 2.87. The minimum Gasteiger partial charge on any atom is -0.396 e. The van der Waals surface area contributed by atoms with Crippen LogP contribution < -0.4 is 10.9 Å². The van der Waals surface area contributed by atoms with E-state index in [1.807, 2.05) is 12.3 Å². The zero-order valence-electron chi connectivity index (χ0n) is 12.8. The first-order chi connectivity index (χ1) is 10.6. The molecular weight excluding hydrogens is 302 g/mol. The number of aliphatic hydroxyl groups excluding tert-OH is 1. The Morgan fingerprint density at radius 2 is 2.27 bits per heavy atom. The molecule has 0 radical (unpaired) electrons. The summed E-state index contributed by atoms with van der Waals surface area (Å²) in [6, 6.07) is 0. The van der Waals surface area contributed by atoms with E-state index in [9.17, 15) is 9.59 Å². The van der Waals surface area contributed by atoms with Crippen LogP contribution >= 0.6 is 11.3 Å². The van der Waals surface area contributed by atoms with Crippen LogP contribution in [-0.2, 0) is 0 Å². The minimum absolute atomic E-state index is 0.0539. The molecule has 1 unspecified atom stereocenters. The van der Waals surface area contributed by atoms with Crippen LogP contribution in [0, 0.1) is 12.8 Å². The maximum absolute atomic E-state index is 12.4. The van der Waals surface area contributed by atoms with Crippen molar-refractivity contribution in [2.45, 2.75) is 33.1 Å². The number of nitrogens with one attached hydrogen (secondary N) is 1. The van der Waals surface area contributed by atoms with E-state index in [4.69, 9.17) is 5.11 Å². The number of amides is 1. The van der Waals surface area contributed by atoms with Gasteiger partial charge in [-0.25, -0.2) is 4.98 Å². The molecule has 2 aromatic rings. The lowest BCUT2D eigenvalue weighted by molar-refractivity contribution is 0.0941. The molecule has 6 nitrogen and oxygen atoms in total. The van der Waals surface area contributed by atoms with Gasteiger partial charge in [0.15, 0.2) is 4.96 Å². The molecule has 0 aliphatic rings. The molecule has 0 aliphatic carbocycles. The highest BCUT2D eigenvalue weighted by Crippen LogP contribution is 2.12. The summed E-state index contributed by atoms with van der Waals surface area (Å²) < 4.78 is 1.46. The Labute approximate surface area is 132 Å². The maximum atomic E-state index is 12.4. The number of aliphatic hydroxyl groups is 1. The van der Waals surface area contributed by atoms with Crippen molar-refractivity contribution in [2.75, 3.05) is 13.2 Å². The topological polar surface area (TPSA) is 83.7 Å². The maximum Gasteiger partial charge on any atom is 0.271 e. The summed E-state index contributed by atoms with van der Waals surface area (Å²) in [5, 5.41) is 13.7. The van der Waals surface area contributed by atoms with Gasteiger partial charge in [-0.2, -0.15) is 0 Å². The highest BCUT2D eigenvalue weighted by molar-refractivity contribution is 7.15. The number of carbonyl (C=O) groups is 1. The van der Waals surface area contributed by atoms with Gasteiger partial charge in [0.2, 0.25) is 0 Å². The van der Waals surface area contributed by atoms with Crippen LogP contribution in [0.2, 0.25) is 0 Å². The van der Waals surface area contributed by atoms with E-state index in [0.29, 0.717) is 17.9 Å². The minimum atomic E-state index is -0.406. The number of fused-ring (bicyclic) bond motifs is 1. The predicted octanol–water partition coefficient (Wildman–Crippen LogP) is 1.59. The molecule has 0 fully saturated rings. The second-order valence-corrected chi connectivity index (χ2v) is 6.19. The second kappa shape index (κ2) is 7.51. The zero-order chi connectivity index (χ0) is 16.1. The van der Waals surface area contributed by atoms with E-state index in [0.717, 1.165) is 18.5 Å². The summed E-state index contributed by atoms with van der Waals surface area (Å²) in [6.45, 7) is 4.44. The number of rotatable bonds is 7. The number of nitrogens with zero attached hydrogens (tertiary/aromatic N) is 2. The van der Waals surface area contributed by atoms with Crippen molar-refractivity contribution >= 4 is 22.2 Å². The van der Waals surface area contributed by atoms with E-state index in [1.165, 1.54) is 21.9 Å². The Hall–Kier alpha value is -1.73. The summed E-state index contributed by atoms with van der Waals surface area (Å²) in [7, 11) is 0. The fourth-order valence-corrected chi connectivity index (χ4v) is 3.28. The fraction of sp³-hybridized carbons (Fsp3) is 0.533. The van der Waals surface area contributed by atoms with Crippen LogP contribution in [0.4, 0.5) is 0 Å².